The number of Topliss-reactive ketones (excluding diaryl/α,β-unsaturated/α-hetero) is 1. The lowest BCUT2D eigenvalue weighted by molar-refractivity contribution is -0.137. The van der Waals surface area contributed by atoms with E-state index in [-0.39, 0.29) is 67.8 Å². The number of methoxy groups -OCH3 is 2. The van der Waals surface area contributed by atoms with Crippen molar-refractivity contribution in [3.05, 3.63) is 46.3 Å². The third-order valence-corrected chi connectivity index (χ3v) is 6.60. The first-order chi connectivity index (χ1) is 19.4. The van der Waals surface area contributed by atoms with Crippen LogP contribution in [0.15, 0.2) is 18.2 Å². The summed E-state index contributed by atoms with van der Waals surface area (Å²) in [6, 6.07) is 6.97. The number of rotatable bonds is 14. The van der Waals surface area contributed by atoms with Crippen molar-refractivity contribution in [2.45, 2.75) is 58.4 Å². The van der Waals surface area contributed by atoms with Gasteiger partial charge in [0.2, 0.25) is 0 Å². The van der Waals surface area contributed by atoms with Gasteiger partial charge >= 0.3 is 5.97 Å². The Morgan fingerprint density at radius 1 is 1.07 bits per heavy atom. The largest absolute Gasteiger partial charge is 0.493 e. The summed E-state index contributed by atoms with van der Waals surface area (Å²) in [6.07, 6.45) is 1.00. The number of aliphatic carboxylic acids is 1. The van der Waals surface area contributed by atoms with Crippen molar-refractivity contribution in [1.82, 2.24) is 4.90 Å². The topological polar surface area (TPSA) is 142 Å². The highest BCUT2D eigenvalue weighted by Crippen LogP contribution is 2.41. The SMILES string of the molecule is COc1cc2c(c(F)c1OC)C(=N)N(CC(=O)c1cc(OCCCC(=O)O)c(OCCCC#N)c(C(C)(C)C)c1)C2. The van der Waals surface area contributed by atoms with Crippen molar-refractivity contribution in [3.63, 3.8) is 0 Å². The van der Waals surface area contributed by atoms with Crippen molar-refractivity contribution < 1.29 is 38.0 Å². The average Bonchev–Trinajstić information content (AvgIpc) is 3.22. The number of carboxylic acid groups (broad SMARTS) is 1. The number of benzene rings is 2. The second-order valence-corrected chi connectivity index (χ2v) is 10.6. The lowest BCUT2D eigenvalue weighted by atomic mass is 9.84. The molecular weight excluding hydrogens is 533 g/mol. The normalized spacial score (nSPS) is 12.5. The van der Waals surface area contributed by atoms with Crippen molar-refractivity contribution in [2.24, 2.45) is 0 Å². The maximum atomic E-state index is 15.2. The fraction of sp³-hybridized carbons (Fsp3) is 0.467. The highest BCUT2D eigenvalue weighted by molar-refractivity contribution is 6.06. The lowest BCUT2D eigenvalue weighted by Crippen LogP contribution is -2.30. The van der Waals surface area contributed by atoms with Gasteiger partial charge in [-0.05, 0) is 42.0 Å². The van der Waals surface area contributed by atoms with Crippen LogP contribution in [0.25, 0.3) is 0 Å². The highest BCUT2D eigenvalue weighted by Gasteiger charge is 2.33. The van der Waals surface area contributed by atoms with E-state index in [0.29, 0.717) is 41.0 Å². The Kier molecular flexibility index (Phi) is 10.2. The van der Waals surface area contributed by atoms with E-state index < -0.39 is 17.2 Å². The van der Waals surface area contributed by atoms with Crippen LogP contribution in [0, 0.1) is 22.6 Å². The van der Waals surface area contributed by atoms with E-state index in [4.69, 9.17) is 34.7 Å². The Hall–Kier alpha value is -4.33. The molecule has 1 heterocycles. The quantitative estimate of drug-likeness (QED) is 0.235. The molecule has 3 rings (SSSR count). The Labute approximate surface area is 239 Å². The van der Waals surface area contributed by atoms with Crippen molar-refractivity contribution in [1.29, 1.82) is 10.7 Å². The van der Waals surface area contributed by atoms with E-state index in [1.807, 2.05) is 20.8 Å². The molecule has 0 amide bonds. The summed E-state index contributed by atoms with van der Waals surface area (Å²) >= 11 is 0. The first kappa shape index (κ1) is 31.2. The Balaban J connectivity index is 1.93. The number of nitrogens with one attached hydrogen (secondary N) is 1. The van der Waals surface area contributed by atoms with E-state index >= 15 is 4.39 Å². The van der Waals surface area contributed by atoms with Crippen LogP contribution in [-0.4, -0.2) is 61.6 Å². The summed E-state index contributed by atoms with van der Waals surface area (Å²) in [6.45, 7) is 6.19. The first-order valence-electron chi connectivity index (χ1n) is 13.3. The molecule has 0 saturated carbocycles. The second-order valence-electron chi connectivity index (χ2n) is 10.6. The van der Waals surface area contributed by atoms with E-state index in [0.717, 1.165) is 0 Å². The Morgan fingerprint density at radius 3 is 2.39 bits per heavy atom. The molecule has 2 N–H and O–H groups in total. The van der Waals surface area contributed by atoms with Crippen LogP contribution in [0.1, 0.15) is 73.5 Å². The molecule has 10 nitrogen and oxygen atoms in total. The molecule has 0 aromatic heterocycles. The van der Waals surface area contributed by atoms with Gasteiger partial charge in [-0.1, -0.05) is 20.8 Å². The van der Waals surface area contributed by atoms with Gasteiger partial charge in [-0.25, -0.2) is 4.39 Å². The zero-order chi connectivity index (χ0) is 30.3. The van der Waals surface area contributed by atoms with Crippen molar-refractivity contribution >= 4 is 17.6 Å². The summed E-state index contributed by atoms with van der Waals surface area (Å²) in [5.74, 6) is -1.28. The van der Waals surface area contributed by atoms with Crippen LogP contribution in [0.5, 0.6) is 23.0 Å². The standard InChI is InChI=1S/C30H36FN3O7/c1-30(2,3)20-13-18(14-23(40-12-8-9-24(36)37)27(20)41-11-7-6-10-32)21(35)17-34-16-19-15-22(38-4)28(39-5)26(31)25(19)29(34)33/h13-15,33H,6-9,11-12,16-17H2,1-5H3,(H,36,37). The van der Waals surface area contributed by atoms with Gasteiger partial charge in [0.1, 0.15) is 5.84 Å². The first-order valence-corrected chi connectivity index (χ1v) is 13.3. The smallest absolute Gasteiger partial charge is 0.303 e. The van der Waals surface area contributed by atoms with E-state index in [2.05, 4.69) is 6.07 Å². The molecule has 1 aliphatic heterocycles. The van der Waals surface area contributed by atoms with Crippen LogP contribution < -0.4 is 18.9 Å². The summed E-state index contributed by atoms with van der Waals surface area (Å²) in [4.78, 5) is 26.0. The fourth-order valence-corrected chi connectivity index (χ4v) is 4.53. The minimum atomic E-state index is -0.943. The molecule has 0 bridgehead atoms. The van der Waals surface area contributed by atoms with Crippen LogP contribution >= 0.6 is 0 Å². The van der Waals surface area contributed by atoms with Gasteiger partial charge in [0.15, 0.2) is 34.6 Å². The molecule has 11 heteroatoms. The third-order valence-electron chi connectivity index (χ3n) is 6.60. The molecule has 0 aliphatic carbocycles. The predicted molar refractivity (Wildman–Crippen MR) is 149 cm³/mol. The van der Waals surface area contributed by atoms with Gasteiger partial charge in [-0.3, -0.25) is 15.0 Å². The maximum Gasteiger partial charge on any atom is 0.303 e. The Bertz CT molecular complexity index is 1360. The average molecular weight is 570 g/mol. The molecule has 1 aliphatic rings. The fourth-order valence-electron chi connectivity index (χ4n) is 4.53. The monoisotopic (exact) mass is 569 g/mol. The third kappa shape index (κ3) is 7.25. The molecule has 0 atom stereocenters. The number of halogens is 1. The minimum Gasteiger partial charge on any atom is -0.493 e. The number of amidine groups is 1. The summed E-state index contributed by atoms with van der Waals surface area (Å²) in [7, 11) is 2.72. The highest BCUT2D eigenvalue weighted by atomic mass is 19.1. The van der Waals surface area contributed by atoms with Crippen LogP contribution in [-0.2, 0) is 16.8 Å². The molecule has 41 heavy (non-hydrogen) atoms. The molecule has 0 fully saturated rings. The second kappa shape index (κ2) is 13.4. The summed E-state index contributed by atoms with van der Waals surface area (Å²) in [5.41, 5.74) is 1.12. The van der Waals surface area contributed by atoms with Crippen LogP contribution in [0.4, 0.5) is 4.39 Å². The summed E-state index contributed by atoms with van der Waals surface area (Å²) in [5, 5.41) is 26.4. The van der Waals surface area contributed by atoms with E-state index in [1.165, 1.54) is 19.1 Å². The van der Waals surface area contributed by atoms with Crippen LogP contribution in [0.2, 0.25) is 0 Å². The van der Waals surface area contributed by atoms with Gasteiger partial charge < -0.3 is 29.0 Å². The predicted octanol–water partition coefficient (Wildman–Crippen LogP) is 5.09. The number of nitrogens with zero attached hydrogens (tertiary/aromatic N) is 2. The van der Waals surface area contributed by atoms with Gasteiger partial charge in [-0.15, -0.1) is 0 Å². The van der Waals surface area contributed by atoms with Crippen LogP contribution in [0.3, 0.4) is 0 Å². The number of hydrogen-bond donors (Lipinski definition) is 2. The molecule has 0 radical (unpaired) electrons. The number of hydrogen-bond acceptors (Lipinski definition) is 8. The van der Waals surface area contributed by atoms with E-state index in [9.17, 15) is 9.59 Å². The number of nitriles is 1. The number of fused-ring (bicyclic) bond motifs is 1. The molecule has 0 spiro atoms. The van der Waals surface area contributed by atoms with Crippen molar-refractivity contribution in [2.75, 3.05) is 34.0 Å². The maximum absolute atomic E-state index is 15.2. The molecule has 2 aromatic rings. The molecule has 0 saturated heterocycles. The summed E-state index contributed by atoms with van der Waals surface area (Å²) < 4.78 is 37.5. The Morgan fingerprint density at radius 2 is 1.78 bits per heavy atom. The number of carbonyl (C=O) groups excluding carboxylic acids is 1. The van der Waals surface area contributed by atoms with Gasteiger partial charge in [-0.2, -0.15) is 5.26 Å². The minimum absolute atomic E-state index is 0.0643. The van der Waals surface area contributed by atoms with Crippen molar-refractivity contribution in [3.8, 4) is 29.1 Å². The number of carboxylic acids is 1. The molecule has 2 aromatic carbocycles. The number of unbranched alkanes of at least 4 members (excludes halogenated alkanes) is 1. The lowest BCUT2D eigenvalue weighted by Gasteiger charge is -2.26. The number of carbonyl (C=O) groups is 2. The molecular formula is C30H36FN3O7. The van der Waals surface area contributed by atoms with Gasteiger partial charge in [0.25, 0.3) is 0 Å². The van der Waals surface area contributed by atoms with E-state index in [1.54, 1.807) is 18.2 Å². The zero-order valence-electron chi connectivity index (χ0n) is 24.1. The zero-order valence-corrected chi connectivity index (χ0v) is 24.1. The van der Waals surface area contributed by atoms with Gasteiger partial charge in [0.05, 0.1) is 45.6 Å². The molecule has 220 valence electrons. The number of ether oxygens (including phenoxy) is 4. The van der Waals surface area contributed by atoms with Gasteiger partial charge in [0, 0.05) is 30.5 Å². The number of ketones is 1. The molecule has 0 unspecified atom stereocenters.